The summed E-state index contributed by atoms with van der Waals surface area (Å²) in [7, 11) is 0. The zero-order chi connectivity index (χ0) is 13.9. The Morgan fingerprint density at radius 3 is 3.00 bits per heavy atom. The Morgan fingerprint density at radius 1 is 1.35 bits per heavy atom. The lowest BCUT2D eigenvalue weighted by molar-refractivity contribution is -0.138. The van der Waals surface area contributed by atoms with E-state index in [4.69, 9.17) is 0 Å². The molecule has 1 aliphatic heterocycles. The molecule has 1 saturated heterocycles. The molecule has 1 aromatic heterocycles. The van der Waals surface area contributed by atoms with Gasteiger partial charge in [0.05, 0.1) is 5.01 Å². The number of hydrogen-bond acceptors (Lipinski definition) is 3. The zero-order valence-corrected chi connectivity index (χ0v) is 13.1. The van der Waals surface area contributed by atoms with Gasteiger partial charge in [-0.15, -0.1) is 11.3 Å². The minimum Gasteiger partial charge on any atom is -0.342 e. The molecule has 4 heteroatoms. The number of thiazole rings is 1. The highest BCUT2D eigenvalue weighted by molar-refractivity contribution is 7.09. The van der Waals surface area contributed by atoms with Crippen LogP contribution >= 0.6 is 11.3 Å². The Bertz CT molecular complexity index is 445. The molecule has 2 fully saturated rings. The SMILES string of the molecule is C[C@@H]1CCC[C@H](C(=O)N2CCC[C@H](c3nccs3)C2)C1. The molecule has 1 saturated carbocycles. The molecule has 3 atom stereocenters. The van der Waals surface area contributed by atoms with E-state index in [9.17, 15) is 4.79 Å². The molecule has 3 rings (SSSR count). The summed E-state index contributed by atoms with van der Waals surface area (Å²) >= 11 is 1.73. The minimum absolute atomic E-state index is 0.286. The maximum Gasteiger partial charge on any atom is 0.225 e. The van der Waals surface area contributed by atoms with Crippen LogP contribution in [0.15, 0.2) is 11.6 Å². The molecule has 0 bridgehead atoms. The predicted octanol–water partition coefficient (Wildman–Crippen LogP) is 3.68. The van der Waals surface area contributed by atoms with Crippen LogP contribution in [0.4, 0.5) is 0 Å². The Hall–Kier alpha value is -0.900. The predicted molar refractivity (Wildman–Crippen MR) is 81.8 cm³/mol. The molecule has 3 nitrogen and oxygen atoms in total. The van der Waals surface area contributed by atoms with Gasteiger partial charge in [0.15, 0.2) is 0 Å². The highest BCUT2D eigenvalue weighted by Gasteiger charge is 2.32. The Morgan fingerprint density at radius 2 is 2.25 bits per heavy atom. The minimum atomic E-state index is 0.286. The topological polar surface area (TPSA) is 33.2 Å². The lowest BCUT2D eigenvalue weighted by Crippen LogP contribution is -2.43. The summed E-state index contributed by atoms with van der Waals surface area (Å²) in [5, 5.41) is 3.25. The first kappa shape index (κ1) is 14.1. The van der Waals surface area contributed by atoms with Gasteiger partial charge in [0, 0.05) is 36.5 Å². The van der Waals surface area contributed by atoms with Crippen LogP contribution in [0.25, 0.3) is 0 Å². The number of amides is 1. The molecular formula is C16H24N2OS. The molecule has 1 amide bonds. The maximum atomic E-state index is 12.7. The average molecular weight is 292 g/mol. The highest BCUT2D eigenvalue weighted by atomic mass is 32.1. The van der Waals surface area contributed by atoms with E-state index < -0.39 is 0 Å². The van der Waals surface area contributed by atoms with Gasteiger partial charge in [-0.3, -0.25) is 4.79 Å². The molecule has 0 radical (unpaired) electrons. The molecule has 110 valence electrons. The lowest BCUT2D eigenvalue weighted by atomic mass is 9.81. The summed E-state index contributed by atoms with van der Waals surface area (Å²) in [4.78, 5) is 19.3. The second kappa shape index (κ2) is 6.25. The summed E-state index contributed by atoms with van der Waals surface area (Å²) in [5.41, 5.74) is 0. The summed E-state index contributed by atoms with van der Waals surface area (Å²) in [6, 6.07) is 0. The van der Waals surface area contributed by atoms with Crippen LogP contribution in [-0.2, 0) is 4.79 Å². The molecule has 0 N–H and O–H groups in total. The van der Waals surface area contributed by atoms with Crippen LogP contribution in [0.1, 0.15) is 56.4 Å². The van der Waals surface area contributed by atoms with Crippen molar-refractivity contribution in [2.75, 3.05) is 13.1 Å². The number of piperidine rings is 1. The van der Waals surface area contributed by atoms with Gasteiger partial charge >= 0.3 is 0 Å². The second-order valence-electron chi connectivity index (χ2n) is 6.46. The number of carbonyl (C=O) groups excluding carboxylic acids is 1. The highest BCUT2D eigenvalue weighted by Crippen LogP contribution is 2.33. The molecule has 20 heavy (non-hydrogen) atoms. The van der Waals surface area contributed by atoms with Crippen LogP contribution in [0.2, 0.25) is 0 Å². The van der Waals surface area contributed by atoms with Crippen molar-refractivity contribution in [3.05, 3.63) is 16.6 Å². The van der Waals surface area contributed by atoms with Crippen molar-refractivity contribution in [3.8, 4) is 0 Å². The Kier molecular flexibility index (Phi) is 4.39. The average Bonchev–Trinajstić information content (AvgIpc) is 3.01. The van der Waals surface area contributed by atoms with Gasteiger partial charge in [0.2, 0.25) is 5.91 Å². The third kappa shape index (κ3) is 3.05. The zero-order valence-electron chi connectivity index (χ0n) is 12.3. The standard InChI is InChI=1S/C16H24N2OS/c1-12-4-2-5-13(10-12)16(19)18-8-3-6-14(11-18)15-17-7-9-20-15/h7,9,12-14H,2-6,8,10-11H2,1H3/t12-,13+,14+/m1/s1. The quantitative estimate of drug-likeness (QED) is 0.833. The van der Waals surface area contributed by atoms with Gasteiger partial charge in [-0.2, -0.15) is 0 Å². The second-order valence-corrected chi connectivity index (χ2v) is 7.39. The van der Waals surface area contributed by atoms with Crippen LogP contribution in [0, 0.1) is 11.8 Å². The van der Waals surface area contributed by atoms with Gasteiger partial charge in [-0.25, -0.2) is 4.98 Å². The van der Waals surface area contributed by atoms with Crippen molar-refractivity contribution in [1.82, 2.24) is 9.88 Å². The number of rotatable bonds is 2. The molecule has 2 heterocycles. The molecular weight excluding hydrogens is 268 g/mol. The summed E-state index contributed by atoms with van der Waals surface area (Å²) in [5.74, 6) is 1.89. The molecule has 0 spiro atoms. The summed E-state index contributed by atoms with van der Waals surface area (Å²) in [6.45, 7) is 4.12. The fourth-order valence-corrected chi connectivity index (χ4v) is 4.50. The van der Waals surface area contributed by atoms with E-state index in [-0.39, 0.29) is 5.92 Å². The van der Waals surface area contributed by atoms with Crippen molar-refractivity contribution in [1.29, 1.82) is 0 Å². The Labute approximate surface area is 125 Å². The first-order valence-electron chi connectivity index (χ1n) is 7.92. The third-order valence-corrected chi connectivity index (χ3v) is 5.76. The van der Waals surface area contributed by atoms with Crippen molar-refractivity contribution in [2.45, 2.75) is 51.4 Å². The lowest BCUT2D eigenvalue weighted by Gasteiger charge is -2.36. The first-order valence-corrected chi connectivity index (χ1v) is 8.80. The van der Waals surface area contributed by atoms with E-state index in [1.807, 2.05) is 11.6 Å². The molecule has 0 unspecified atom stereocenters. The molecule has 1 aliphatic carbocycles. The van der Waals surface area contributed by atoms with Crippen molar-refractivity contribution in [3.63, 3.8) is 0 Å². The monoisotopic (exact) mass is 292 g/mol. The number of hydrogen-bond donors (Lipinski definition) is 0. The van der Waals surface area contributed by atoms with Gasteiger partial charge in [-0.1, -0.05) is 19.8 Å². The fraction of sp³-hybridized carbons (Fsp3) is 0.750. The van der Waals surface area contributed by atoms with E-state index in [0.717, 1.165) is 38.3 Å². The normalized spacial score (nSPS) is 31.2. The van der Waals surface area contributed by atoms with Crippen molar-refractivity contribution >= 4 is 17.2 Å². The molecule has 2 aliphatic rings. The fourth-order valence-electron chi connectivity index (χ4n) is 3.73. The molecule has 1 aromatic rings. The molecule has 0 aromatic carbocycles. The summed E-state index contributed by atoms with van der Waals surface area (Å²) in [6.07, 6.45) is 8.89. The van der Waals surface area contributed by atoms with E-state index in [2.05, 4.69) is 16.8 Å². The maximum absolute atomic E-state index is 12.7. The van der Waals surface area contributed by atoms with Gasteiger partial charge < -0.3 is 4.90 Å². The number of aromatic nitrogens is 1. The largest absolute Gasteiger partial charge is 0.342 e. The van der Waals surface area contributed by atoms with E-state index in [0.29, 0.717) is 11.8 Å². The van der Waals surface area contributed by atoms with Crippen LogP contribution in [-0.4, -0.2) is 28.9 Å². The van der Waals surface area contributed by atoms with E-state index in [1.165, 1.54) is 24.3 Å². The van der Waals surface area contributed by atoms with Crippen molar-refractivity contribution in [2.24, 2.45) is 11.8 Å². The summed E-state index contributed by atoms with van der Waals surface area (Å²) < 4.78 is 0. The third-order valence-electron chi connectivity index (χ3n) is 4.82. The smallest absolute Gasteiger partial charge is 0.225 e. The van der Waals surface area contributed by atoms with E-state index >= 15 is 0 Å². The van der Waals surface area contributed by atoms with Crippen LogP contribution in [0.3, 0.4) is 0 Å². The number of likely N-dealkylation sites (tertiary alicyclic amines) is 1. The van der Waals surface area contributed by atoms with Crippen LogP contribution < -0.4 is 0 Å². The first-order chi connectivity index (χ1) is 9.74. The van der Waals surface area contributed by atoms with Gasteiger partial charge in [0.25, 0.3) is 0 Å². The number of nitrogens with zero attached hydrogens (tertiary/aromatic N) is 2. The van der Waals surface area contributed by atoms with Gasteiger partial charge in [0.1, 0.15) is 0 Å². The van der Waals surface area contributed by atoms with E-state index in [1.54, 1.807) is 11.3 Å². The van der Waals surface area contributed by atoms with Crippen LogP contribution in [0.5, 0.6) is 0 Å². The Balaban J connectivity index is 1.63. The number of carbonyl (C=O) groups is 1. The van der Waals surface area contributed by atoms with Crippen molar-refractivity contribution < 1.29 is 4.79 Å². The van der Waals surface area contributed by atoms with Gasteiger partial charge in [-0.05, 0) is 31.6 Å².